The second-order valence-corrected chi connectivity index (χ2v) is 7.71. The fourth-order valence-electron chi connectivity index (χ4n) is 3.70. The van der Waals surface area contributed by atoms with Crippen molar-refractivity contribution in [2.45, 2.75) is 46.5 Å². The van der Waals surface area contributed by atoms with Crippen molar-refractivity contribution >= 4 is 23.6 Å². The van der Waals surface area contributed by atoms with E-state index in [0.29, 0.717) is 29.3 Å². The number of nitrogens with one attached hydrogen (secondary N) is 1. The smallest absolute Gasteiger partial charge is 0.276 e. The third-order valence-electron chi connectivity index (χ3n) is 5.21. The van der Waals surface area contributed by atoms with Crippen LogP contribution in [0.4, 0.5) is 11.4 Å². The second-order valence-electron chi connectivity index (χ2n) is 7.71. The molecule has 1 aromatic carbocycles. The van der Waals surface area contributed by atoms with Crippen LogP contribution in [-0.4, -0.2) is 39.4 Å². The van der Waals surface area contributed by atoms with E-state index < -0.39 is 0 Å². The van der Waals surface area contributed by atoms with Crippen LogP contribution in [0.25, 0.3) is 12.2 Å². The van der Waals surface area contributed by atoms with Gasteiger partial charge >= 0.3 is 0 Å². The Kier molecular flexibility index (Phi) is 6.72. The molecule has 0 amide bonds. The van der Waals surface area contributed by atoms with Crippen molar-refractivity contribution in [3.63, 3.8) is 0 Å². The molecule has 0 aliphatic heterocycles. The summed E-state index contributed by atoms with van der Waals surface area (Å²) in [5, 5.41) is 13.4. The number of fused-ring (bicyclic) bond motifs is 1. The number of hydrogen-bond donors (Lipinski definition) is 2. The summed E-state index contributed by atoms with van der Waals surface area (Å²) in [7, 11) is 0. The predicted molar refractivity (Wildman–Crippen MR) is 121 cm³/mol. The third-order valence-corrected chi connectivity index (χ3v) is 5.21. The number of benzene rings is 1. The molecule has 0 fully saturated rings. The molecule has 30 heavy (non-hydrogen) atoms. The van der Waals surface area contributed by atoms with Crippen molar-refractivity contribution in [1.29, 1.82) is 0 Å². The number of H-pyrrole nitrogens is 1. The third kappa shape index (κ3) is 4.16. The first-order valence-corrected chi connectivity index (χ1v) is 10.6. The highest BCUT2D eigenvalue weighted by molar-refractivity contribution is 5.53. The summed E-state index contributed by atoms with van der Waals surface area (Å²) in [4.78, 5) is 24.7. The molecular formula is C23H31N5O2. The molecular weight excluding hydrogens is 378 g/mol. The minimum atomic E-state index is -0.0742. The summed E-state index contributed by atoms with van der Waals surface area (Å²) in [6, 6.07) is 7.80. The molecule has 0 spiro atoms. The first kappa shape index (κ1) is 21.8. The molecule has 7 heteroatoms. The van der Waals surface area contributed by atoms with Gasteiger partial charge in [-0.25, -0.2) is 9.98 Å². The first-order valence-electron chi connectivity index (χ1n) is 10.6. The van der Waals surface area contributed by atoms with Gasteiger partial charge in [-0.2, -0.15) is 4.52 Å². The standard InChI is InChI=1S/C23H31N5O2/c1-6-8-19-20(15(3)4)25-22-21(16(5)26-28(22)23(19)30)24-17-9-11-18(12-10-17)27(7-2)13-14-29/h9-12,15,26,29H,5-8,13-14H2,1-4H3. The Labute approximate surface area is 176 Å². The van der Waals surface area contributed by atoms with Crippen LogP contribution in [0, 0.1) is 0 Å². The molecule has 0 saturated heterocycles. The van der Waals surface area contributed by atoms with Gasteiger partial charge in [0, 0.05) is 24.3 Å². The normalized spacial score (nSPS) is 12.3. The molecule has 3 aromatic rings. The number of aliphatic hydroxyl groups is 1. The van der Waals surface area contributed by atoms with Gasteiger partial charge in [-0.1, -0.05) is 33.8 Å². The topological polar surface area (TPSA) is 86.0 Å². The van der Waals surface area contributed by atoms with Gasteiger partial charge in [0.05, 0.1) is 23.3 Å². The molecule has 0 bridgehead atoms. The van der Waals surface area contributed by atoms with Crippen molar-refractivity contribution in [1.82, 2.24) is 14.6 Å². The van der Waals surface area contributed by atoms with Gasteiger partial charge in [0.2, 0.25) is 0 Å². The van der Waals surface area contributed by atoms with Crippen molar-refractivity contribution in [3.8, 4) is 0 Å². The van der Waals surface area contributed by atoms with Gasteiger partial charge in [-0.3, -0.25) is 9.89 Å². The molecule has 0 saturated carbocycles. The Hall–Kier alpha value is -2.93. The maximum absolute atomic E-state index is 13.1. The Morgan fingerprint density at radius 1 is 1.27 bits per heavy atom. The first-order chi connectivity index (χ1) is 14.4. The van der Waals surface area contributed by atoms with Gasteiger partial charge < -0.3 is 10.0 Å². The lowest BCUT2D eigenvalue weighted by Crippen LogP contribution is -2.26. The lowest BCUT2D eigenvalue weighted by Gasteiger charge is -2.21. The van der Waals surface area contributed by atoms with E-state index in [9.17, 15) is 9.90 Å². The zero-order valence-electron chi connectivity index (χ0n) is 18.3. The molecule has 7 nitrogen and oxygen atoms in total. The molecule has 2 N–H and O–H groups in total. The number of anilines is 1. The van der Waals surface area contributed by atoms with Gasteiger partial charge in [0.1, 0.15) is 5.36 Å². The number of nitrogens with zero attached hydrogens (tertiary/aromatic N) is 4. The van der Waals surface area contributed by atoms with Crippen LogP contribution in [0.5, 0.6) is 0 Å². The molecule has 0 atom stereocenters. The van der Waals surface area contributed by atoms with Crippen LogP contribution in [0.15, 0.2) is 34.1 Å². The van der Waals surface area contributed by atoms with Crippen LogP contribution < -0.4 is 21.2 Å². The minimum Gasteiger partial charge on any atom is -0.395 e. The minimum absolute atomic E-state index is 0.0742. The van der Waals surface area contributed by atoms with E-state index in [4.69, 9.17) is 9.98 Å². The lowest BCUT2D eigenvalue weighted by molar-refractivity contribution is 0.302. The Bertz CT molecular complexity index is 1180. The van der Waals surface area contributed by atoms with Crippen molar-refractivity contribution in [2.24, 2.45) is 4.99 Å². The number of aromatic amines is 1. The molecule has 0 radical (unpaired) electrons. The van der Waals surface area contributed by atoms with Gasteiger partial charge in [-0.15, -0.1) is 0 Å². The highest BCUT2D eigenvalue weighted by Gasteiger charge is 2.17. The van der Waals surface area contributed by atoms with E-state index in [2.05, 4.69) is 44.3 Å². The summed E-state index contributed by atoms with van der Waals surface area (Å²) >= 11 is 0. The average molecular weight is 410 g/mol. The van der Waals surface area contributed by atoms with E-state index in [0.717, 1.165) is 35.6 Å². The van der Waals surface area contributed by atoms with Crippen molar-refractivity contribution in [2.75, 3.05) is 24.6 Å². The van der Waals surface area contributed by atoms with E-state index in [-0.39, 0.29) is 18.1 Å². The summed E-state index contributed by atoms with van der Waals surface area (Å²) in [6.45, 7) is 13.8. The van der Waals surface area contributed by atoms with Crippen molar-refractivity contribution < 1.29 is 5.11 Å². The van der Waals surface area contributed by atoms with Crippen LogP contribution in [0.3, 0.4) is 0 Å². The highest BCUT2D eigenvalue weighted by atomic mass is 16.3. The number of aliphatic hydroxyl groups excluding tert-OH is 1. The zero-order valence-corrected chi connectivity index (χ0v) is 18.3. The molecule has 3 rings (SSSR count). The molecule has 2 aromatic heterocycles. The molecule has 0 aliphatic carbocycles. The predicted octanol–water partition coefficient (Wildman–Crippen LogP) is 2.28. The van der Waals surface area contributed by atoms with Gasteiger partial charge in [-0.05, 0) is 43.5 Å². The summed E-state index contributed by atoms with van der Waals surface area (Å²) in [5.74, 6) is 0.145. The Morgan fingerprint density at radius 2 is 1.97 bits per heavy atom. The monoisotopic (exact) mass is 409 g/mol. The van der Waals surface area contributed by atoms with E-state index in [1.165, 1.54) is 4.52 Å². The van der Waals surface area contributed by atoms with E-state index in [1.807, 2.05) is 24.3 Å². The maximum atomic E-state index is 13.1. The maximum Gasteiger partial charge on any atom is 0.276 e. The van der Waals surface area contributed by atoms with Crippen LogP contribution in [0.1, 0.15) is 51.3 Å². The van der Waals surface area contributed by atoms with Crippen LogP contribution in [0.2, 0.25) is 0 Å². The molecule has 0 aliphatic rings. The number of rotatable bonds is 8. The molecule has 2 heterocycles. The fourth-order valence-corrected chi connectivity index (χ4v) is 3.70. The van der Waals surface area contributed by atoms with Gasteiger partial charge in [0.15, 0.2) is 5.65 Å². The molecule has 160 valence electrons. The lowest BCUT2D eigenvalue weighted by atomic mass is 10.0. The fraction of sp³-hybridized carbons (Fsp3) is 0.435. The number of hydrogen-bond acceptors (Lipinski definition) is 5. The Balaban J connectivity index is 2.14. The summed E-state index contributed by atoms with van der Waals surface area (Å²) < 4.78 is 1.46. The highest BCUT2D eigenvalue weighted by Crippen LogP contribution is 2.19. The number of aromatic nitrogens is 3. The largest absolute Gasteiger partial charge is 0.395 e. The quantitative estimate of drug-likeness (QED) is 0.598. The summed E-state index contributed by atoms with van der Waals surface area (Å²) in [6.07, 6.45) is 1.58. The van der Waals surface area contributed by atoms with Crippen LogP contribution in [-0.2, 0) is 6.42 Å². The van der Waals surface area contributed by atoms with Crippen molar-refractivity contribution in [3.05, 3.63) is 56.6 Å². The van der Waals surface area contributed by atoms with Gasteiger partial charge in [0.25, 0.3) is 5.56 Å². The molecule has 0 unspecified atom stereocenters. The Morgan fingerprint density at radius 3 is 2.53 bits per heavy atom. The zero-order chi connectivity index (χ0) is 21.8. The number of likely N-dealkylation sites (N-methyl/N-ethyl adjacent to an activating group) is 1. The van der Waals surface area contributed by atoms with Crippen LogP contribution >= 0.6 is 0 Å². The average Bonchev–Trinajstić information content (AvgIpc) is 3.04. The SMILES string of the molecule is C=c1[nH]n2c(=O)c(CCC)c(C(C)C)nc2c1=Nc1ccc(N(CC)CCO)cc1. The second kappa shape index (κ2) is 9.26. The van der Waals surface area contributed by atoms with E-state index in [1.54, 1.807) is 0 Å². The summed E-state index contributed by atoms with van der Waals surface area (Å²) in [5.41, 5.74) is 3.80. The van der Waals surface area contributed by atoms with E-state index >= 15 is 0 Å².